The molecule has 0 N–H and O–H groups in total. The van der Waals surface area contributed by atoms with E-state index in [-0.39, 0.29) is 17.3 Å². The van der Waals surface area contributed by atoms with Crippen LogP contribution in [0.1, 0.15) is 22.5 Å². The molecule has 1 aromatic rings. The number of carbonyl (C=O) groups is 1. The third kappa shape index (κ3) is 2.20. The number of halogens is 2. The number of nitrogens with zero attached hydrogens (tertiary/aromatic N) is 1. The van der Waals surface area contributed by atoms with E-state index in [0.29, 0.717) is 6.29 Å². The summed E-state index contributed by atoms with van der Waals surface area (Å²) < 4.78 is 34.4. The van der Waals surface area contributed by atoms with Gasteiger partial charge in [0.1, 0.15) is 11.4 Å². The molecule has 0 bridgehead atoms. The Morgan fingerprint density at radius 3 is 2.47 bits per heavy atom. The topological polar surface area (TPSA) is 48.4 Å². The van der Waals surface area contributed by atoms with Crippen molar-refractivity contribution in [1.29, 1.82) is 0 Å². The van der Waals surface area contributed by atoms with Crippen LogP contribution in [0, 0.1) is 0 Å². The fourth-order valence-corrected chi connectivity index (χ4v) is 1.07. The Morgan fingerprint density at radius 1 is 1.40 bits per heavy atom. The zero-order valence-electron chi connectivity index (χ0n) is 8.16. The SMILES string of the molecule is COc1cc(C(F)F)c(OC)nc1C=O. The number of hydrogen-bond acceptors (Lipinski definition) is 4. The first-order chi connectivity index (χ1) is 7.13. The van der Waals surface area contributed by atoms with Crippen LogP contribution in [-0.2, 0) is 0 Å². The Bertz CT molecular complexity index is 369. The van der Waals surface area contributed by atoms with Crippen LogP contribution in [0.3, 0.4) is 0 Å². The number of aromatic nitrogens is 1. The van der Waals surface area contributed by atoms with Crippen molar-refractivity contribution in [2.75, 3.05) is 14.2 Å². The standard InChI is InChI=1S/C9H9F2NO3/c1-14-7-3-5(8(10)11)9(15-2)12-6(7)4-13/h3-4,8H,1-2H3. The lowest BCUT2D eigenvalue weighted by Gasteiger charge is -2.10. The molecule has 0 aliphatic rings. The van der Waals surface area contributed by atoms with Gasteiger partial charge in [0.15, 0.2) is 6.29 Å². The predicted molar refractivity (Wildman–Crippen MR) is 47.7 cm³/mol. The summed E-state index contributed by atoms with van der Waals surface area (Å²) in [6, 6.07) is 1.04. The number of hydrogen-bond donors (Lipinski definition) is 0. The summed E-state index contributed by atoms with van der Waals surface area (Å²) >= 11 is 0. The van der Waals surface area contributed by atoms with Gasteiger partial charge in [-0.2, -0.15) is 0 Å². The van der Waals surface area contributed by atoms with E-state index in [2.05, 4.69) is 9.72 Å². The molecule has 0 radical (unpaired) electrons. The van der Waals surface area contributed by atoms with Crippen LogP contribution >= 0.6 is 0 Å². The van der Waals surface area contributed by atoms with Crippen molar-refractivity contribution in [2.45, 2.75) is 6.43 Å². The largest absolute Gasteiger partial charge is 0.494 e. The van der Waals surface area contributed by atoms with Crippen LogP contribution in [0.15, 0.2) is 6.07 Å². The Labute approximate surface area is 84.8 Å². The summed E-state index contributed by atoms with van der Waals surface area (Å²) in [7, 11) is 2.47. The molecule has 0 fully saturated rings. The molecule has 1 aromatic heterocycles. The fourth-order valence-electron chi connectivity index (χ4n) is 1.07. The molecule has 0 aliphatic heterocycles. The first-order valence-corrected chi connectivity index (χ1v) is 4.00. The van der Waals surface area contributed by atoms with Crippen molar-refractivity contribution in [2.24, 2.45) is 0 Å². The second-order valence-electron chi connectivity index (χ2n) is 2.59. The zero-order chi connectivity index (χ0) is 11.4. The highest BCUT2D eigenvalue weighted by molar-refractivity contribution is 5.77. The second kappa shape index (κ2) is 4.68. The quantitative estimate of drug-likeness (QED) is 0.722. The maximum absolute atomic E-state index is 12.5. The Kier molecular flexibility index (Phi) is 3.54. The number of alkyl halides is 2. The summed E-state index contributed by atoms with van der Waals surface area (Å²) in [5.74, 6) is -0.269. The van der Waals surface area contributed by atoms with Crippen LogP contribution < -0.4 is 9.47 Å². The van der Waals surface area contributed by atoms with Gasteiger partial charge in [-0.3, -0.25) is 4.79 Å². The number of carbonyl (C=O) groups excluding carboxylic acids is 1. The predicted octanol–water partition coefficient (Wildman–Crippen LogP) is 1.85. The Balaban J connectivity index is 3.33. The van der Waals surface area contributed by atoms with E-state index >= 15 is 0 Å². The van der Waals surface area contributed by atoms with Gasteiger partial charge < -0.3 is 9.47 Å². The number of rotatable bonds is 4. The molecular weight excluding hydrogens is 208 g/mol. The maximum Gasteiger partial charge on any atom is 0.269 e. The molecule has 6 heteroatoms. The summed E-state index contributed by atoms with van der Waals surface area (Å²) in [5.41, 5.74) is -0.473. The molecule has 0 aliphatic carbocycles. The summed E-state index contributed by atoms with van der Waals surface area (Å²) in [4.78, 5) is 14.2. The normalized spacial score (nSPS) is 10.2. The average molecular weight is 217 g/mol. The highest BCUT2D eigenvalue weighted by Gasteiger charge is 2.19. The number of ether oxygens (including phenoxy) is 2. The monoisotopic (exact) mass is 217 g/mol. The zero-order valence-corrected chi connectivity index (χ0v) is 8.16. The number of pyridine rings is 1. The molecule has 0 unspecified atom stereocenters. The average Bonchev–Trinajstić information content (AvgIpc) is 2.26. The van der Waals surface area contributed by atoms with Gasteiger partial charge in [0.05, 0.1) is 19.8 Å². The minimum absolute atomic E-state index is 0.00102. The molecule has 0 saturated carbocycles. The first kappa shape index (κ1) is 11.4. The molecule has 1 rings (SSSR count). The van der Waals surface area contributed by atoms with E-state index in [1.165, 1.54) is 14.2 Å². The lowest BCUT2D eigenvalue weighted by molar-refractivity contribution is 0.111. The molecule has 82 valence electrons. The molecule has 0 amide bonds. The first-order valence-electron chi connectivity index (χ1n) is 4.00. The molecular formula is C9H9F2NO3. The molecule has 0 aromatic carbocycles. The molecule has 0 atom stereocenters. The van der Waals surface area contributed by atoms with Crippen molar-refractivity contribution in [3.8, 4) is 11.6 Å². The van der Waals surface area contributed by atoms with Crippen LogP contribution in [-0.4, -0.2) is 25.5 Å². The lowest BCUT2D eigenvalue weighted by atomic mass is 10.2. The Morgan fingerprint density at radius 2 is 2.07 bits per heavy atom. The van der Waals surface area contributed by atoms with Gasteiger partial charge in [-0.25, -0.2) is 13.8 Å². The van der Waals surface area contributed by atoms with Crippen LogP contribution in [0.25, 0.3) is 0 Å². The minimum atomic E-state index is -2.73. The third-order valence-electron chi connectivity index (χ3n) is 1.77. The molecule has 4 nitrogen and oxygen atoms in total. The number of aldehydes is 1. The van der Waals surface area contributed by atoms with Gasteiger partial charge in [0.2, 0.25) is 5.88 Å². The van der Waals surface area contributed by atoms with Crippen LogP contribution in [0.5, 0.6) is 11.6 Å². The van der Waals surface area contributed by atoms with Gasteiger partial charge in [-0.1, -0.05) is 0 Å². The summed E-state index contributed by atoms with van der Waals surface area (Å²) in [6.07, 6.45) is -2.32. The summed E-state index contributed by atoms with van der Waals surface area (Å²) in [6.45, 7) is 0. The molecule has 15 heavy (non-hydrogen) atoms. The van der Waals surface area contributed by atoms with Crippen molar-refractivity contribution in [3.05, 3.63) is 17.3 Å². The van der Waals surface area contributed by atoms with Gasteiger partial charge in [0.25, 0.3) is 6.43 Å². The number of methoxy groups -OCH3 is 2. The van der Waals surface area contributed by atoms with Crippen LogP contribution in [0.2, 0.25) is 0 Å². The maximum atomic E-state index is 12.5. The second-order valence-corrected chi connectivity index (χ2v) is 2.59. The van der Waals surface area contributed by atoms with E-state index in [0.717, 1.165) is 6.07 Å². The van der Waals surface area contributed by atoms with Gasteiger partial charge in [-0.15, -0.1) is 0 Å². The van der Waals surface area contributed by atoms with E-state index in [1.807, 2.05) is 0 Å². The smallest absolute Gasteiger partial charge is 0.269 e. The molecule has 0 saturated heterocycles. The van der Waals surface area contributed by atoms with E-state index in [4.69, 9.17) is 4.74 Å². The van der Waals surface area contributed by atoms with Gasteiger partial charge >= 0.3 is 0 Å². The highest BCUT2D eigenvalue weighted by Crippen LogP contribution is 2.31. The third-order valence-corrected chi connectivity index (χ3v) is 1.77. The van der Waals surface area contributed by atoms with Crippen LogP contribution in [0.4, 0.5) is 8.78 Å². The van der Waals surface area contributed by atoms with Crippen molar-refractivity contribution < 1.29 is 23.0 Å². The van der Waals surface area contributed by atoms with Crippen molar-refractivity contribution in [1.82, 2.24) is 4.98 Å². The summed E-state index contributed by atoms with van der Waals surface area (Å²) in [5, 5.41) is 0. The van der Waals surface area contributed by atoms with Crippen molar-refractivity contribution >= 4 is 6.29 Å². The Hall–Kier alpha value is -1.72. The van der Waals surface area contributed by atoms with Gasteiger partial charge in [0, 0.05) is 0 Å². The van der Waals surface area contributed by atoms with Crippen molar-refractivity contribution in [3.63, 3.8) is 0 Å². The molecule has 1 heterocycles. The highest BCUT2D eigenvalue weighted by atomic mass is 19.3. The lowest BCUT2D eigenvalue weighted by Crippen LogP contribution is -2.02. The fraction of sp³-hybridized carbons (Fsp3) is 0.333. The van der Waals surface area contributed by atoms with E-state index in [9.17, 15) is 13.6 Å². The minimum Gasteiger partial charge on any atom is -0.494 e. The van der Waals surface area contributed by atoms with E-state index < -0.39 is 12.0 Å². The van der Waals surface area contributed by atoms with Gasteiger partial charge in [-0.05, 0) is 6.07 Å². The molecule has 0 spiro atoms. The van der Waals surface area contributed by atoms with E-state index in [1.54, 1.807) is 0 Å².